The van der Waals surface area contributed by atoms with Crippen LogP contribution < -0.4 is 10.2 Å². The Kier molecular flexibility index (Phi) is 7.06. The minimum absolute atomic E-state index is 0.130. The minimum atomic E-state index is -0.769. The van der Waals surface area contributed by atoms with Crippen molar-refractivity contribution < 1.29 is 14.3 Å². The van der Waals surface area contributed by atoms with E-state index >= 15 is 0 Å². The van der Waals surface area contributed by atoms with Crippen LogP contribution in [0.1, 0.15) is 47.1 Å². The minimum Gasteiger partial charge on any atom is -0.438 e. The summed E-state index contributed by atoms with van der Waals surface area (Å²) in [7, 11) is 0. The highest BCUT2D eigenvalue weighted by Crippen LogP contribution is 2.27. The van der Waals surface area contributed by atoms with Crippen molar-refractivity contribution in [2.24, 2.45) is 0 Å². The van der Waals surface area contributed by atoms with Gasteiger partial charge in [-0.1, -0.05) is 40.9 Å². The van der Waals surface area contributed by atoms with Crippen LogP contribution in [0, 0.1) is 6.92 Å². The van der Waals surface area contributed by atoms with Crippen molar-refractivity contribution in [2.45, 2.75) is 33.2 Å². The number of hydrazine groups is 1. The van der Waals surface area contributed by atoms with Gasteiger partial charge in [-0.15, -0.1) is 0 Å². The fourth-order valence-corrected chi connectivity index (χ4v) is 3.21. The van der Waals surface area contributed by atoms with Crippen LogP contribution in [0.3, 0.4) is 0 Å². The van der Waals surface area contributed by atoms with Crippen LogP contribution in [0.25, 0.3) is 0 Å². The van der Waals surface area contributed by atoms with Crippen molar-refractivity contribution in [1.29, 1.82) is 0 Å². The van der Waals surface area contributed by atoms with E-state index in [0.29, 0.717) is 10.8 Å². The number of amides is 2. The van der Waals surface area contributed by atoms with Gasteiger partial charge >= 0.3 is 0 Å². The summed E-state index contributed by atoms with van der Waals surface area (Å²) in [4.78, 5) is 30.7. The van der Waals surface area contributed by atoms with Gasteiger partial charge in [0, 0.05) is 11.2 Å². The number of nitrogens with one attached hydrogen (secondary N) is 1. The molecule has 1 N–H and O–H groups in total. The van der Waals surface area contributed by atoms with Gasteiger partial charge in [-0.3, -0.25) is 15.0 Å². The van der Waals surface area contributed by atoms with Crippen LogP contribution >= 0.6 is 23.2 Å². The fraction of sp³-hybridized carbons (Fsp3) is 0.208. The van der Waals surface area contributed by atoms with Crippen LogP contribution in [0.15, 0.2) is 60.8 Å². The molecule has 32 heavy (non-hydrogen) atoms. The van der Waals surface area contributed by atoms with Crippen molar-refractivity contribution in [3.63, 3.8) is 0 Å². The van der Waals surface area contributed by atoms with Crippen LogP contribution in [-0.2, 0) is 0 Å². The number of hydrogen-bond acceptors (Lipinski definition) is 4. The van der Waals surface area contributed by atoms with Gasteiger partial charge in [-0.2, -0.15) is 0 Å². The quantitative estimate of drug-likeness (QED) is 0.468. The molecule has 0 aliphatic rings. The second-order valence-corrected chi connectivity index (χ2v) is 8.99. The number of nitrogens with zero attached hydrogens (tertiary/aromatic N) is 2. The van der Waals surface area contributed by atoms with E-state index in [1.165, 1.54) is 23.3 Å². The SMILES string of the molecule is Cc1ccc(Oc2ncccc2C(=O)N(NC(=O)c2cc(Cl)ccc2Cl)C(C)(C)C)cc1. The Labute approximate surface area is 197 Å². The summed E-state index contributed by atoms with van der Waals surface area (Å²) in [6.07, 6.45) is 1.53. The van der Waals surface area contributed by atoms with Gasteiger partial charge in [0.05, 0.1) is 16.1 Å². The molecule has 2 aromatic carbocycles. The number of rotatable bonds is 4. The molecule has 0 saturated carbocycles. The maximum atomic E-state index is 13.5. The Balaban J connectivity index is 1.92. The summed E-state index contributed by atoms with van der Waals surface area (Å²) in [5.74, 6) is -0.379. The molecule has 0 spiro atoms. The molecule has 0 atom stereocenters. The van der Waals surface area contributed by atoms with Gasteiger partial charge in [0.25, 0.3) is 11.8 Å². The molecule has 0 radical (unpaired) electrons. The van der Waals surface area contributed by atoms with E-state index in [1.54, 1.807) is 51.1 Å². The molecule has 0 fully saturated rings. The number of pyridine rings is 1. The van der Waals surface area contributed by atoms with Gasteiger partial charge in [-0.05, 0) is 70.2 Å². The second-order valence-electron chi connectivity index (χ2n) is 8.15. The van der Waals surface area contributed by atoms with E-state index < -0.39 is 17.4 Å². The van der Waals surface area contributed by atoms with Gasteiger partial charge in [0.1, 0.15) is 11.3 Å². The van der Waals surface area contributed by atoms with Gasteiger partial charge < -0.3 is 4.74 Å². The van der Waals surface area contributed by atoms with E-state index in [4.69, 9.17) is 27.9 Å². The highest BCUT2D eigenvalue weighted by molar-refractivity contribution is 6.35. The Morgan fingerprint density at radius 2 is 1.69 bits per heavy atom. The van der Waals surface area contributed by atoms with Gasteiger partial charge in [-0.25, -0.2) is 9.99 Å². The molecule has 0 unspecified atom stereocenters. The van der Waals surface area contributed by atoms with E-state index in [1.807, 2.05) is 19.1 Å². The van der Waals surface area contributed by atoms with Crippen molar-refractivity contribution in [1.82, 2.24) is 15.4 Å². The average molecular weight is 472 g/mol. The molecule has 0 bridgehead atoms. The zero-order valence-corrected chi connectivity index (χ0v) is 19.7. The number of aryl methyl sites for hydroxylation is 1. The van der Waals surface area contributed by atoms with Crippen LogP contribution in [0.5, 0.6) is 11.6 Å². The molecule has 2 amide bonds. The van der Waals surface area contributed by atoms with E-state index in [9.17, 15) is 9.59 Å². The molecule has 3 aromatic rings. The predicted molar refractivity (Wildman–Crippen MR) is 125 cm³/mol. The van der Waals surface area contributed by atoms with Gasteiger partial charge in [0.2, 0.25) is 5.88 Å². The molecular weight excluding hydrogens is 449 g/mol. The third kappa shape index (κ3) is 5.58. The predicted octanol–water partition coefficient (Wildman–Crippen LogP) is 6.07. The van der Waals surface area contributed by atoms with Crippen molar-refractivity contribution in [2.75, 3.05) is 0 Å². The Morgan fingerprint density at radius 3 is 2.34 bits per heavy atom. The summed E-state index contributed by atoms with van der Waals surface area (Å²) >= 11 is 12.2. The lowest BCUT2D eigenvalue weighted by Gasteiger charge is -2.35. The second kappa shape index (κ2) is 9.59. The first kappa shape index (κ1) is 23.6. The molecule has 0 aliphatic heterocycles. The molecule has 0 aliphatic carbocycles. The molecular formula is C24H23Cl2N3O3. The molecule has 3 rings (SSSR count). The molecule has 6 nitrogen and oxygen atoms in total. The third-order valence-electron chi connectivity index (χ3n) is 4.50. The van der Waals surface area contributed by atoms with Crippen LogP contribution in [0.4, 0.5) is 0 Å². The molecule has 0 saturated heterocycles. The normalized spacial score (nSPS) is 11.1. The summed E-state index contributed by atoms with van der Waals surface area (Å²) in [5.41, 5.74) is 3.32. The average Bonchev–Trinajstić information content (AvgIpc) is 2.74. The Bertz CT molecular complexity index is 1140. The largest absolute Gasteiger partial charge is 0.438 e. The lowest BCUT2D eigenvalue weighted by Crippen LogP contribution is -2.56. The number of carbonyl (C=O) groups is 2. The number of carbonyl (C=O) groups excluding carboxylic acids is 2. The van der Waals surface area contributed by atoms with Crippen LogP contribution in [-0.4, -0.2) is 27.3 Å². The first-order valence-corrected chi connectivity index (χ1v) is 10.6. The van der Waals surface area contributed by atoms with Crippen LogP contribution in [0.2, 0.25) is 10.0 Å². The Morgan fingerprint density at radius 1 is 1.00 bits per heavy atom. The fourth-order valence-electron chi connectivity index (χ4n) is 2.83. The summed E-state index contributed by atoms with van der Waals surface area (Å²) < 4.78 is 5.86. The lowest BCUT2D eigenvalue weighted by atomic mass is 10.1. The van der Waals surface area contributed by atoms with E-state index in [0.717, 1.165) is 5.56 Å². The van der Waals surface area contributed by atoms with E-state index in [2.05, 4.69) is 10.4 Å². The number of aromatic nitrogens is 1. The maximum absolute atomic E-state index is 13.5. The first-order valence-electron chi connectivity index (χ1n) is 9.86. The number of ether oxygens (including phenoxy) is 1. The summed E-state index contributed by atoms with van der Waals surface area (Å²) in [5, 5.41) is 1.80. The monoisotopic (exact) mass is 471 g/mol. The maximum Gasteiger partial charge on any atom is 0.278 e. The zero-order chi connectivity index (χ0) is 23.5. The molecule has 1 heterocycles. The van der Waals surface area contributed by atoms with Crippen molar-refractivity contribution in [3.8, 4) is 11.6 Å². The summed E-state index contributed by atoms with van der Waals surface area (Å²) in [6, 6.07) is 15.2. The van der Waals surface area contributed by atoms with Crippen molar-refractivity contribution >= 4 is 35.0 Å². The smallest absolute Gasteiger partial charge is 0.278 e. The molecule has 1 aromatic heterocycles. The van der Waals surface area contributed by atoms with E-state index in [-0.39, 0.29) is 22.0 Å². The molecule has 8 heteroatoms. The summed E-state index contributed by atoms with van der Waals surface area (Å²) in [6.45, 7) is 7.35. The van der Waals surface area contributed by atoms with Crippen molar-refractivity contribution in [3.05, 3.63) is 87.5 Å². The zero-order valence-electron chi connectivity index (χ0n) is 18.1. The highest BCUT2D eigenvalue weighted by Gasteiger charge is 2.32. The Hall–Kier alpha value is -3.09. The lowest BCUT2D eigenvalue weighted by molar-refractivity contribution is 0.0356. The number of halogens is 2. The third-order valence-corrected chi connectivity index (χ3v) is 5.06. The molecule has 166 valence electrons. The van der Waals surface area contributed by atoms with Gasteiger partial charge in [0.15, 0.2) is 0 Å². The standard InChI is InChI=1S/C24H23Cl2N3O3/c1-15-7-10-17(11-8-15)32-22-18(6-5-13-27-22)23(31)29(24(2,3)4)28-21(30)19-14-16(25)9-12-20(19)26/h5-14H,1-4H3,(H,28,30). The highest BCUT2D eigenvalue weighted by atomic mass is 35.5. The number of hydrogen-bond donors (Lipinski definition) is 1. The topological polar surface area (TPSA) is 71.5 Å². The first-order chi connectivity index (χ1) is 15.1. The number of benzene rings is 2.